The van der Waals surface area contributed by atoms with E-state index in [4.69, 9.17) is 9.47 Å². The van der Waals surface area contributed by atoms with Crippen molar-refractivity contribution in [1.29, 1.82) is 0 Å². The number of benzene rings is 2. The van der Waals surface area contributed by atoms with Gasteiger partial charge in [-0.1, -0.05) is 29.4 Å². The highest BCUT2D eigenvalue weighted by atomic mass is 16.5. The molecule has 0 bridgehead atoms. The van der Waals surface area contributed by atoms with Crippen LogP contribution in [0.4, 0.5) is 0 Å². The lowest BCUT2D eigenvalue weighted by atomic mass is 9.95. The molecule has 1 aliphatic heterocycles. The molecular formula is C16H15NO3. The number of fused-ring (bicyclic) bond motifs is 1. The Kier molecular flexibility index (Phi) is 3.29. The highest BCUT2D eigenvalue weighted by Crippen LogP contribution is 2.35. The van der Waals surface area contributed by atoms with Crippen molar-refractivity contribution in [1.82, 2.24) is 0 Å². The SMILES string of the molecule is COc1ccc([C@H]2C/C(=N\O)c3ccccc3O2)cc1. The molecule has 3 rings (SSSR count). The van der Waals surface area contributed by atoms with E-state index >= 15 is 0 Å². The van der Waals surface area contributed by atoms with Gasteiger partial charge in [0.2, 0.25) is 0 Å². The van der Waals surface area contributed by atoms with Crippen molar-refractivity contribution in [2.24, 2.45) is 5.16 Å². The summed E-state index contributed by atoms with van der Waals surface area (Å²) in [7, 11) is 1.64. The van der Waals surface area contributed by atoms with E-state index in [0.717, 1.165) is 22.6 Å². The molecule has 0 saturated heterocycles. The molecule has 4 nitrogen and oxygen atoms in total. The van der Waals surface area contributed by atoms with Crippen LogP contribution in [-0.4, -0.2) is 18.0 Å². The zero-order chi connectivity index (χ0) is 13.9. The second-order valence-corrected chi connectivity index (χ2v) is 4.63. The predicted molar refractivity (Wildman–Crippen MR) is 75.7 cm³/mol. The van der Waals surface area contributed by atoms with Gasteiger partial charge < -0.3 is 14.7 Å². The van der Waals surface area contributed by atoms with Crippen molar-refractivity contribution in [3.63, 3.8) is 0 Å². The number of para-hydroxylation sites is 1. The Balaban J connectivity index is 1.93. The maximum Gasteiger partial charge on any atom is 0.129 e. The van der Waals surface area contributed by atoms with E-state index in [1.165, 1.54) is 0 Å². The average molecular weight is 269 g/mol. The summed E-state index contributed by atoms with van der Waals surface area (Å²) in [5, 5.41) is 12.6. The summed E-state index contributed by atoms with van der Waals surface area (Å²) in [5.41, 5.74) is 2.52. The van der Waals surface area contributed by atoms with Crippen molar-refractivity contribution in [2.45, 2.75) is 12.5 Å². The number of nitrogens with zero attached hydrogens (tertiary/aromatic N) is 1. The van der Waals surface area contributed by atoms with Crippen molar-refractivity contribution < 1.29 is 14.7 Å². The Hall–Kier alpha value is -2.49. The molecule has 102 valence electrons. The lowest BCUT2D eigenvalue weighted by molar-refractivity contribution is 0.203. The van der Waals surface area contributed by atoms with Gasteiger partial charge in [-0.25, -0.2) is 0 Å². The van der Waals surface area contributed by atoms with Crippen LogP contribution >= 0.6 is 0 Å². The van der Waals surface area contributed by atoms with E-state index < -0.39 is 0 Å². The van der Waals surface area contributed by atoms with E-state index in [0.29, 0.717) is 12.1 Å². The van der Waals surface area contributed by atoms with E-state index in [1.54, 1.807) is 7.11 Å². The molecule has 0 aliphatic carbocycles. The van der Waals surface area contributed by atoms with Gasteiger partial charge in [0, 0.05) is 12.0 Å². The smallest absolute Gasteiger partial charge is 0.129 e. The van der Waals surface area contributed by atoms with Crippen LogP contribution in [0.25, 0.3) is 0 Å². The summed E-state index contributed by atoms with van der Waals surface area (Å²) in [6, 6.07) is 15.3. The first-order valence-corrected chi connectivity index (χ1v) is 6.42. The Labute approximate surface area is 117 Å². The summed E-state index contributed by atoms with van der Waals surface area (Å²) < 4.78 is 11.1. The van der Waals surface area contributed by atoms with E-state index in [2.05, 4.69) is 5.16 Å². The number of ether oxygens (including phenoxy) is 2. The minimum Gasteiger partial charge on any atom is -0.497 e. The molecule has 2 aromatic carbocycles. The molecule has 1 N–H and O–H groups in total. The minimum absolute atomic E-state index is 0.151. The largest absolute Gasteiger partial charge is 0.497 e. The van der Waals surface area contributed by atoms with Crippen molar-refractivity contribution >= 4 is 5.71 Å². The maximum absolute atomic E-state index is 9.20. The summed E-state index contributed by atoms with van der Waals surface area (Å²) in [6.45, 7) is 0. The standard InChI is InChI=1S/C16H15NO3/c1-19-12-8-6-11(7-9-12)16-10-14(17-18)13-4-2-3-5-15(13)20-16/h2-9,16,18H,10H2,1H3/b17-14+/t16-/m1/s1. The fourth-order valence-electron chi connectivity index (χ4n) is 2.39. The average Bonchev–Trinajstić information content (AvgIpc) is 2.54. The Bertz CT molecular complexity index is 634. The van der Waals surface area contributed by atoms with E-state index in [1.807, 2.05) is 48.5 Å². The van der Waals surface area contributed by atoms with Gasteiger partial charge in [0.15, 0.2) is 0 Å². The molecule has 2 aromatic rings. The first kappa shape index (κ1) is 12.5. The number of oxime groups is 1. The van der Waals surface area contributed by atoms with Crippen molar-refractivity contribution in [3.05, 3.63) is 59.7 Å². The van der Waals surface area contributed by atoms with Crippen LogP contribution in [0.2, 0.25) is 0 Å². The van der Waals surface area contributed by atoms with Crippen LogP contribution in [0.15, 0.2) is 53.7 Å². The summed E-state index contributed by atoms with van der Waals surface area (Å²) in [5.74, 6) is 1.55. The predicted octanol–water partition coefficient (Wildman–Crippen LogP) is 3.40. The van der Waals surface area contributed by atoms with Gasteiger partial charge in [-0.2, -0.15) is 0 Å². The molecule has 1 heterocycles. The minimum atomic E-state index is -0.151. The molecular weight excluding hydrogens is 254 g/mol. The van der Waals surface area contributed by atoms with Gasteiger partial charge in [0.1, 0.15) is 17.6 Å². The summed E-state index contributed by atoms with van der Waals surface area (Å²) >= 11 is 0. The highest BCUT2D eigenvalue weighted by Gasteiger charge is 2.26. The molecule has 1 aliphatic rings. The van der Waals surface area contributed by atoms with E-state index in [9.17, 15) is 5.21 Å². The molecule has 0 unspecified atom stereocenters. The lowest BCUT2D eigenvalue weighted by Gasteiger charge is -2.26. The number of hydrogen-bond acceptors (Lipinski definition) is 4. The molecule has 20 heavy (non-hydrogen) atoms. The summed E-state index contributed by atoms with van der Waals surface area (Å²) in [6.07, 6.45) is 0.390. The van der Waals surface area contributed by atoms with Gasteiger partial charge in [-0.15, -0.1) is 0 Å². The Morgan fingerprint density at radius 2 is 1.90 bits per heavy atom. The van der Waals surface area contributed by atoms with Crippen molar-refractivity contribution in [3.8, 4) is 11.5 Å². The monoisotopic (exact) mass is 269 g/mol. The van der Waals surface area contributed by atoms with Crippen LogP contribution in [0, 0.1) is 0 Å². The zero-order valence-electron chi connectivity index (χ0n) is 11.1. The van der Waals surface area contributed by atoms with Crippen LogP contribution in [0.5, 0.6) is 11.5 Å². The van der Waals surface area contributed by atoms with Gasteiger partial charge in [-0.3, -0.25) is 0 Å². The van der Waals surface area contributed by atoms with Crippen LogP contribution in [0.1, 0.15) is 23.7 Å². The quantitative estimate of drug-likeness (QED) is 0.671. The molecule has 4 heteroatoms. The maximum atomic E-state index is 9.20. The highest BCUT2D eigenvalue weighted by molar-refractivity contribution is 6.03. The third-order valence-electron chi connectivity index (χ3n) is 3.45. The molecule has 0 fully saturated rings. The molecule has 0 aromatic heterocycles. The lowest BCUT2D eigenvalue weighted by Crippen LogP contribution is -2.20. The van der Waals surface area contributed by atoms with Gasteiger partial charge in [-0.05, 0) is 29.8 Å². The molecule has 0 saturated carbocycles. The molecule has 1 atom stereocenters. The first-order valence-electron chi connectivity index (χ1n) is 6.42. The number of hydrogen-bond donors (Lipinski definition) is 1. The molecule has 0 amide bonds. The first-order chi connectivity index (χ1) is 9.81. The third-order valence-corrected chi connectivity index (χ3v) is 3.45. The molecule has 0 radical (unpaired) electrons. The second-order valence-electron chi connectivity index (χ2n) is 4.63. The van der Waals surface area contributed by atoms with Crippen LogP contribution < -0.4 is 9.47 Å². The Morgan fingerprint density at radius 3 is 2.60 bits per heavy atom. The van der Waals surface area contributed by atoms with Crippen LogP contribution in [-0.2, 0) is 0 Å². The van der Waals surface area contributed by atoms with Gasteiger partial charge in [0.25, 0.3) is 0 Å². The fraction of sp³-hybridized carbons (Fsp3) is 0.188. The van der Waals surface area contributed by atoms with Gasteiger partial charge in [0.05, 0.1) is 12.8 Å². The van der Waals surface area contributed by atoms with E-state index in [-0.39, 0.29) is 6.10 Å². The van der Waals surface area contributed by atoms with Crippen molar-refractivity contribution in [2.75, 3.05) is 7.11 Å². The summed E-state index contributed by atoms with van der Waals surface area (Å²) in [4.78, 5) is 0. The van der Waals surface area contributed by atoms with Crippen LogP contribution in [0.3, 0.4) is 0 Å². The van der Waals surface area contributed by atoms with Gasteiger partial charge >= 0.3 is 0 Å². The topological polar surface area (TPSA) is 51.0 Å². The molecule has 0 spiro atoms. The number of methoxy groups -OCH3 is 1. The number of rotatable bonds is 2. The normalized spacial score (nSPS) is 19.2. The zero-order valence-corrected chi connectivity index (χ0v) is 11.1. The Morgan fingerprint density at radius 1 is 1.15 bits per heavy atom. The third kappa shape index (κ3) is 2.20. The fourth-order valence-corrected chi connectivity index (χ4v) is 2.39. The second kappa shape index (κ2) is 5.25.